The topological polar surface area (TPSA) is 119 Å². The number of methoxy groups -OCH3 is 1. The second kappa shape index (κ2) is 5.75. The Morgan fingerprint density at radius 1 is 1.56 bits per heavy atom. The van der Waals surface area contributed by atoms with Gasteiger partial charge in [0.05, 0.1) is 6.42 Å². The van der Waals surface area contributed by atoms with Crippen LogP contribution in [0.5, 0.6) is 0 Å². The van der Waals surface area contributed by atoms with E-state index in [1.165, 1.54) is 11.8 Å². The first-order chi connectivity index (χ1) is 7.63. The minimum Gasteiger partial charge on any atom is -0.480 e. The lowest BCUT2D eigenvalue weighted by Gasteiger charge is -2.03. The molecule has 0 bridgehead atoms. The first kappa shape index (κ1) is 12.0. The molecule has 0 unspecified atom stereocenters. The summed E-state index contributed by atoms with van der Waals surface area (Å²) in [6.45, 7) is -0.292. The second-order valence-electron chi connectivity index (χ2n) is 2.86. The molecule has 9 heteroatoms. The molecule has 0 aliphatic carbocycles. The lowest BCUT2D eigenvalue weighted by Crippen LogP contribution is -2.31. The maximum atomic E-state index is 11.2. The summed E-state index contributed by atoms with van der Waals surface area (Å²) in [4.78, 5) is 21.4. The minimum atomic E-state index is -1.11. The zero-order valence-corrected chi connectivity index (χ0v) is 8.58. The molecule has 1 aromatic rings. The second-order valence-corrected chi connectivity index (χ2v) is 2.86. The van der Waals surface area contributed by atoms with Crippen molar-refractivity contribution < 1.29 is 19.4 Å². The number of aliphatic carboxylic acids is 1. The van der Waals surface area contributed by atoms with Crippen molar-refractivity contribution in [3.05, 3.63) is 5.82 Å². The molecule has 1 aromatic heterocycles. The Kier molecular flexibility index (Phi) is 4.33. The van der Waals surface area contributed by atoms with Crippen LogP contribution in [-0.2, 0) is 27.5 Å². The van der Waals surface area contributed by atoms with Crippen molar-refractivity contribution >= 4 is 11.9 Å². The van der Waals surface area contributed by atoms with E-state index in [9.17, 15) is 9.59 Å². The smallest absolute Gasteiger partial charge is 0.322 e. The zero-order valence-electron chi connectivity index (χ0n) is 8.58. The van der Waals surface area contributed by atoms with Gasteiger partial charge in [-0.05, 0) is 10.4 Å². The molecular weight excluding hydrogens is 218 g/mol. The molecule has 9 nitrogen and oxygen atoms in total. The minimum absolute atomic E-state index is 0.0936. The van der Waals surface area contributed by atoms with Gasteiger partial charge in [0, 0.05) is 7.11 Å². The van der Waals surface area contributed by atoms with Crippen LogP contribution in [0.25, 0.3) is 0 Å². The molecule has 0 aliphatic heterocycles. The van der Waals surface area contributed by atoms with Crippen molar-refractivity contribution in [3.63, 3.8) is 0 Å². The summed E-state index contributed by atoms with van der Waals surface area (Å²) in [7, 11) is 1.47. The monoisotopic (exact) mass is 229 g/mol. The van der Waals surface area contributed by atoms with Crippen LogP contribution in [0, 0.1) is 0 Å². The van der Waals surface area contributed by atoms with E-state index in [2.05, 4.69) is 20.8 Å². The fraction of sp³-hybridized carbons (Fsp3) is 0.571. The predicted octanol–water partition coefficient (Wildman–Crippen LogP) is -1.98. The number of nitrogens with one attached hydrogen (secondary N) is 1. The highest BCUT2D eigenvalue weighted by Gasteiger charge is 2.11. The third-order valence-corrected chi connectivity index (χ3v) is 1.61. The molecule has 0 saturated heterocycles. The van der Waals surface area contributed by atoms with Crippen molar-refractivity contribution in [2.24, 2.45) is 0 Å². The number of aromatic nitrogens is 4. The molecular formula is C7H11N5O4. The van der Waals surface area contributed by atoms with E-state index in [0.29, 0.717) is 5.82 Å². The van der Waals surface area contributed by atoms with Crippen LogP contribution in [0.2, 0.25) is 0 Å². The van der Waals surface area contributed by atoms with Gasteiger partial charge in [-0.25, -0.2) is 4.68 Å². The summed E-state index contributed by atoms with van der Waals surface area (Å²) in [5, 5.41) is 21.1. The molecule has 88 valence electrons. The van der Waals surface area contributed by atoms with Gasteiger partial charge < -0.3 is 15.2 Å². The molecule has 2 N–H and O–H groups in total. The Bertz CT molecular complexity index is 377. The summed E-state index contributed by atoms with van der Waals surface area (Å²) in [5.74, 6) is -1.26. The zero-order chi connectivity index (χ0) is 12.0. The Hall–Kier alpha value is -2.03. The molecule has 1 amide bonds. The van der Waals surface area contributed by atoms with Crippen LogP contribution < -0.4 is 5.32 Å². The van der Waals surface area contributed by atoms with Crippen molar-refractivity contribution in [2.75, 3.05) is 13.7 Å². The maximum absolute atomic E-state index is 11.2. The van der Waals surface area contributed by atoms with Crippen molar-refractivity contribution in [2.45, 2.75) is 13.2 Å². The summed E-state index contributed by atoms with van der Waals surface area (Å²) in [6.07, 6.45) is -0.0936. The van der Waals surface area contributed by atoms with Crippen LogP contribution in [0.15, 0.2) is 0 Å². The van der Waals surface area contributed by atoms with Gasteiger partial charge >= 0.3 is 5.97 Å². The third kappa shape index (κ3) is 3.61. The summed E-state index contributed by atoms with van der Waals surface area (Å²) >= 11 is 0. The molecule has 16 heavy (non-hydrogen) atoms. The highest BCUT2D eigenvalue weighted by atomic mass is 16.5. The number of tetrazole rings is 1. The number of rotatable bonds is 6. The molecule has 0 aromatic carbocycles. The SMILES string of the molecule is COCn1nnnc1CC(=O)NCC(=O)O. The van der Waals surface area contributed by atoms with Gasteiger partial charge in [-0.15, -0.1) is 5.10 Å². The Morgan fingerprint density at radius 3 is 2.94 bits per heavy atom. The number of carbonyl (C=O) groups excluding carboxylic acids is 1. The van der Waals surface area contributed by atoms with Gasteiger partial charge in [0.2, 0.25) is 5.91 Å². The highest BCUT2D eigenvalue weighted by Crippen LogP contribution is 1.93. The molecule has 0 aliphatic rings. The van der Waals surface area contributed by atoms with E-state index in [4.69, 9.17) is 9.84 Å². The van der Waals surface area contributed by atoms with Gasteiger partial charge in [-0.1, -0.05) is 0 Å². The van der Waals surface area contributed by atoms with Crippen LogP contribution >= 0.6 is 0 Å². The van der Waals surface area contributed by atoms with Crippen LogP contribution in [0.3, 0.4) is 0 Å². The van der Waals surface area contributed by atoms with Gasteiger partial charge in [0.1, 0.15) is 13.3 Å². The van der Waals surface area contributed by atoms with Crippen LogP contribution in [-0.4, -0.2) is 50.8 Å². The fourth-order valence-corrected chi connectivity index (χ4v) is 0.953. The lowest BCUT2D eigenvalue weighted by molar-refractivity contribution is -0.137. The van der Waals surface area contributed by atoms with Gasteiger partial charge in [0.25, 0.3) is 0 Å². The van der Waals surface area contributed by atoms with E-state index in [0.717, 1.165) is 0 Å². The number of hydrogen-bond donors (Lipinski definition) is 2. The molecule has 1 rings (SSSR count). The van der Waals surface area contributed by atoms with Crippen LogP contribution in [0.1, 0.15) is 5.82 Å². The molecule has 0 radical (unpaired) electrons. The largest absolute Gasteiger partial charge is 0.480 e. The number of carbonyl (C=O) groups is 2. The van der Waals surface area contributed by atoms with E-state index in [1.54, 1.807) is 0 Å². The molecule has 0 spiro atoms. The number of hydrogen-bond acceptors (Lipinski definition) is 6. The molecule has 0 fully saturated rings. The standard InChI is InChI=1S/C7H11N5O4/c1-16-4-12-5(9-10-11-12)2-6(13)8-3-7(14)15/h2-4H2,1H3,(H,8,13)(H,14,15). The average Bonchev–Trinajstić information content (AvgIpc) is 2.63. The molecule has 0 atom stereocenters. The quantitative estimate of drug-likeness (QED) is 0.580. The third-order valence-electron chi connectivity index (χ3n) is 1.61. The number of nitrogens with zero attached hydrogens (tertiary/aromatic N) is 4. The van der Waals surface area contributed by atoms with Crippen molar-refractivity contribution in [1.82, 2.24) is 25.5 Å². The average molecular weight is 229 g/mol. The van der Waals surface area contributed by atoms with E-state index in [1.807, 2.05) is 0 Å². The van der Waals surface area contributed by atoms with Crippen molar-refractivity contribution in [3.8, 4) is 0 Å². The number of carboxylic acids is 1. The normalized spacial score (nSPS) is 10.1. The fourth-order valence-electron chi connectivity index (χ4n) is 0.953. The van der Waals surface area contributed by atoms with Crippen LogP contribution in [0.4, 0.5) is 0 Å². The summed E-state index contributed by atoms with van der Waals surface area (Å²) < 4.78 is 6.11. The number of ether oxygens (including phenoxy) is 1. The predicted molar refractivity (Wildman–Crippen MR) is 49.2 cm³/mol. The Morgan fingerprint density at radius 2 is 2.31 bits per heavy atom. The first-order valence-electron chi connectivity index (χ1n) is 4.36. The van der Waals surface area contributed by atoms with E-state index >= 15 is 0 Å². The molecule has 1 heterocycles. The lowest BCUT2D eigenvalue weighted by atomic mass is 10.4. The van der Waals surface area contributed by atoms with Gasteiger partial charge in [0.15, 0.2) is 5.82 Å². The van der Waals surface area contributed by atoms with E-state index in [-0.39, 0.29) is 13.2 Å². The summed E-state index contributed by atoms with van der Waals surface area (Å²) in [5.41, 5.74) is 0. The number of amides is 1. The first-order valence-corrected chi connectivity index (χ1v) is 4.36. The van der Waals surface area contributed by atoms with Crippen molar-refractivity contribution in [1.29, 1.82) is 0 Å². The van der Waals surface area contributed by atoms with E-state index < -0.39 is 18.4 Å². The Balaban J connectivity index is 2.48. The summed E-state index contributed by atoms with van der Waals surface area (Å²) in [6, 6.07) is 0. The Labute approximate surface area is 90.4 Å². The van der Waals surface area contributed by atoms with Gasteiger partial charge in [-0.3, -0.25) is 9.59 Å². The van der Waals surface area contributed by atoms with Gasteiger partial charge in [-0.2, -0.15) is 0 Å². The number of carboxylic acid groups (broad SMARTS) is 1. The molecule has 0 saturated carbocycles. The maximum Gasteiger partial charge on any atom is 0.322 e. The highest BCUT2D eigenvalue weighted by molar-refractivity contribution is 5.82.